The molecule has 25 heavy (non-hydrogen) atoms. The highest BCUT2D eigenvalue weighted by Gasteiger charge is 2.25. The van der Waals surface area contributed by atoms with Gasteiger partial charge in [-0.15, -0.1) is 0 Å². The molecular formula is C17H21FN4O3. The van der Waals surface area contributed by atoms with Crippen LogP contribution in [0.25, 0.3) is 0 Å². The van der Waals surface area contributed by atoms with Gasteiger partial charge in [-0.1, -0.05) is 12.1 Å². The van der Waals surface area contributed by atoms with Crippen LogP contribution in [0.15, 0.2) is 24.3 Å². The number of nitrogens with zero attached hydrogens (tertiary/aromatic N) is 3. The van der Waals surface area contributed by atoms with Crippen LogP contribution in [-0.2, 0) is 16.1 Å². The van der Waals surface area contributed by atoms with Crippen molar-refractivity contribution in [2.24, 2.45) is 5.73 Å². The van der Waals surface area contributed by atoms with Crippen molar-refractivity contribution in [2.45, 2.75) is 37.8 Å². The Morgan fingerprint density at radius 3 is 2.68 bits per heavy atom. The van der Waals surface area contributed by atoms with E-state index in [4.69, 9.17) is 15.6 Å². The second-order valence-electron chi connectivity index (χ2n) is 6.20. The molecule has 1 aromatic heterocycles. The summed E-state index contributed by atoms with van der Waals surface area (Å²) in [6.07, 6.45) is 1.43. The van der Waals surface area contributed by atoms with Gasteiger partial charge in [-0.25, -0.2) is 14.1 Å². The summed E-state index contributed by atoms with van der Waals surface area (Å²) in [5.41, 5.74) is 6.87. The van der Waals surface area contributed by atoms with Crippen molar-refractivity contribution in [3.63, 3.8) is 0 Å². The number of ether oxygens (including phenoxy) is 1. The molecule has 1 aromatic carbocycles. The Morgan fingerprint density at radius 2 is 2.04 bits per heavy atom. The van der Waals surface area contributed by atoms with E-state index in [-0.39, 0.29) is 18.2 Å². The first-order chi connectivity index (χ1) is 12.0. The molecule has 0 bridgehead atoms. The number of nitrogens with two attached hydrogens (primary N) is 1. The van der Waals surface area contributed by atoms with Gasteiger partial charge in [0.2, 0.25) is 0 Å². The van der Waals surface area contributed by atoms with E-state index >= 15 is 0 Å². The lowest BCUT2D eigenvalue weighted by Crippen LogP contribution is -2.20. The van der Waals surface area contributed by atoms with Gasteiger partial charge in [0.15, 0.2) is 5.82 Å². The van der Waals surface area contributed by atoms with Crippen LogP contribution in [0, 0.1) is 5.82 Å². The zero-order valence-electron chi connectivity index (χ0n) is 13.8. The lowest BCUT2D eigenvalue weighted by molar-refractivity contribution is -0.137. The summed E-state index contributed by atoms with van der Waals surface area (Å²) in [5.74, 6) is -0.0158. The molecule has 3 N–H and O–H groups in total. The van der Waals surface area contributed by atoms with Gasteiger partial charge in [0.1, 0.15) is 11.6 Å². The molecule has 0 unspecified atom stereocenters. The maximum Gasteiger partial charge on any atom is 0.305 e. The van der Waals surface area contributed by atoms with Crippen molar-refractivity contribution in [3.05, 3.63) is 47.3 Å². The van der Waals surface area contributed by atoms with Gasteiger partial charge >= 0.3 is 5.97 Å². The van der Waals surface area contributed by atoms with Gasteiger partial charge in [0, 0.05) is 19.1 Å². The van der Waals surface area contributed by atoms with Crippen LogP contribution < -0.4 is 5.73 Å². The van der Waals surface area contributed by atoms with E-state index in [1.165, 1.54) is 12.1 Å². The fourth-order valence-corrected chi connectivity index (χ4v) is 2.93. The Kier molecular flexibility index (Phi) is 5.40. The molecule has 2 heterocycles. The standard InChI is InChI=1S/C17H21FN4O3/c18-13-3-1-11(2-4-13)10-22-17(14(19)9-15(23)24)20-16(21-22)12-5-7-25-8-6-12/h1-4,12,14H,5-10,19H2,(H,23,24)/t14-/m0/s1. The largest absolute Gasteiger partial charge is 0.481 e. The summed E-state index contributed by atoms with van der Waals surface area (Å²) in [6.45, 7) is 1.68. The molecule has 0 spiro atoms. The van der Waals surface area contributed by atoms with Crippen molar-refractivity contribution in [1.29, 1.82) is 0 Å². The SMILES string of the molecule is N[C@@H](CC(=O)O)c1nc(C2CCOCC2)nn1Cc1ccc(F)cc1. The van der Waals surface area contributed by atoms with E-state index in [1.807, 2.05) is 0 Å². The molecule has 3 rings (SSSR count). The Hall–Kier alpha value is -2.32. The number of aromatic nitrogens is 3. The van der Waals surface area contributed by atoms with Crippen LogP contribution in [0.4, 0.5) is 4.39 Å². The van der Waals surface area contributed by atoms with E-state index in [1.54, 1.807) is 16.8 Å². The minimum Gasteiger partial charge on any atom is -0.481 e. The molecule has 7 nitrogen and oxygen atoms in total. The summed E-state index contributed by atoms with van der Waals surface area (Å²) in [5, 5.41) is 13.6. The maximum atomic E-state index is 13.1. The quantitative estimate of drug-likeness (QED) is 0.825. The zero-order valence-corrected chi connectivity index (χ0v) is 13.8. The topological polar surface area (TPSA) is 103 Å². The second-order valence-corrected chi connectivity index (χ2v) is 6.20. The molecular weight excluding hydrogens is 327 g/mol. The third kappa shape index (κ3) is 4.40. The van der Waals surface area contributed by atoms with Crippen LogP contribution in [0.1, 0.15) is 48.4 Å². The van der Waals surface area contributed by atoms with Crippen LogP contribution in [0.3, 0.4) is 0 Å². The predicted molar refractivity (Wildman–Crippen MR) is 87.5 cm³/mol. The fraction of sp³-hybridized carbons (Fsp3) is 0.471. The molecule has 1 atom stereocenters. The molecule has 134 valence electrons. The first-order valence-corrected chi connectivity index (χ1v) is 8.27. The van der Waals surface area contributed by atoms with Gasteiger partial charge in [-0.05, 0) is 30.5 Å². The number of halogens is 1. The number of aliphatic carboxylic acids is 1. The molecule has 1 saturated heterocycles. The van der Waals surface area contributed by atoms with Crippen LogP contribution >= 0.6 is 0 Å². The Morgan fingerprint density at radius 1 is 1.36 bits per heavy atom. The van der Waals surface area contributed by atoms with Crippen LogP contribution in [-0.4, -0.2) is 39.1 Å². The lowest BCUT2D eigenvalue weighted by atomic mass is 10.00. The molecule has 1 aliphatic rings. The minimum atomic E-state index is -0.989. The number of hydrogen-bond donors (Lipinski definition) is 2. The minimum absolute atomic E-state index is 0.180. The van der Waals surface area contributed by atoms with E-state index in [2.05, 4.69) is 10.1 Å². The fourth-order valence-electron chi connectivity index (χ4n) is 2.93. The number of rotatable bonds is 6. The van der Waals surface area contributed by atoms with Crippen molar-refractivity contribution >= 4 is 5.97 Å². The van der Waals surface area contributed by atoms with Gasteiger partial charge in [0.05, 0.1) is 19.0 Å². The summed E-state index contributed by atoms with van der Waals surface area (Å²) in [4.78, 5) is 15.5. The van der Waals surface area contributed by atoms with Gasteiger partial charge in [0.25, 0.3) is 0 Å². The molecule has 8 heteroatoms. The summed E-state index contributed by atoms with van der Waals surface area (Å²) >= 11 is 0. The van der Waals surface area contributed by atoms with Crippen molar-refractivity contribution < 1.29 is 19.0 Å². The molecule has 2 aromatic rings. The highest BCUT2D eigenvalue weighted by molar-refractivity contribution is 5.67. The van der Waals surface area contributed by atoms with Crippen molar-refractivity contribution in [2.75, 3.05) is 13.2 Å². The molecule has 0 saturated carbocycles. The molecule has 0 aliphatic carbocycles. The predicted octanol–water partition coefficient (Wildman–Crippen LogP) is 1.83. The summed E-state index contributed by atoms with van der Waals surface area (Å²) in [7, 11) is 0. The Balaban J connectivity index is 1.88. The van der Waals surface area contributed by atoms with Crippen molar-refractivity contribution in [3.8, 4) is 0 Å². The van der Waals surface area contributed by atoms with E-state index in [0.29, 0.717) is 31.4 Å². The monoisotopic (exact) mass is 348 g/mol. The molecule has 0 radical (unpaired) electrons. The Bertz CT molecular complexity index is 726. The molecule has 1 aliphatic heterocycles. The number of benzene rings is 1. The third-order valence-corrected chi connectivity index (χ3v) is 4.27. The summed E-state index contributed by atoms with van der Waals surface area (Å²) < 4.78 is 20.1. The van der Waals surface area contributed by atoms with Crippen LogP contribution in [0.5, 0.6) is 0 Å². The lowest BCUT2D eigenvalue weighted by Gasteiger charge is -2.18. The number of hydrogen-bond acceptors (Lipinski definition) is 5. The van der Waals surface area contributed by atoms with E-state index < -0.39 is 12.0 Å². The van der Waals surface area contributed by atoms with Gasteiger partial charge in [-0.3, -0.25) is 4.79 Å². The second kappa shape index (κ2) is 7.71. The van der Waals surface area contributed by atoms with E-state index in [9.17, 15) is 9.18 Å². The number of carboxylic acids is 1. The van der Waals surface area contributed by atoms with Crippen LogP contribution in [0.2, 0.25) is 0 Å². The van der Waals surface area contributed by atoms with Gasteiger partial charge < -0.3 is 15.6 Å². The highest BCUT2D eigenvalue weighted by Crippen LogP contribution is 2.26. The average Bonchev–Trinajstić information content (AvgIpc) is 3.01. The van der Waals surface area contributed by atoms with E-state index in [0.717, 1.165) is 18.4 Å². The number of carbonyl (C=O) groups is 1. The first kappa shape index (κ1) is 17.5. The smallest absolute Gasteiger partial charge is 0.305 e. The first-order valence-electron chi connectivity index (χ1n) is 8.27. The summed E-state index contributed by atoms with van der Waals surface area (Å²) in [6, 6.07) is 5.33. The zero-order chi connectivity index (χ0) is 17.8. The van der Waals surface area contributed by atoms with Crippen molar-refractivity contribution in [1.82, 2.24) is 14.8 Å². The van der Waals surface area contributed by atoms with Gasteiger partial charge in [-0.2, -0.15) is 5.10 Å². The molecule has 0 amide bonds. The average molecular weight is 348 g/mol. The normalized spacial score (nSPS) is 16.7. The Labute approximate surface area is 144 Å². The highest BCUT2D eigenvalue weighted by atomic mass is 19.1. The molecule has 1 fully saturated rings. The third-order valence-electron chi connectivity index (χ3n) is 4.27. The number of carboxylic acid groups (broad SMARTS) is 1. The maximum absolute atomic E-state index is 13.1.